The van der Waals surface area contributed by atoms with Gasteiger partial charge in [-0.05, 0) is 30.7 Å². The number of benzene rings is 1. The number of hydrogen-bond acceptors (Lipinski definition) is 6. The Labute approximate surface area is 135 Å². The van der Waals surface area contributed by atoms with Crippen LogP contribution in [0.2, 0.25) is 0 Å². The van der Waals surface area contributed by atoms with Crippen LogP contribution in [0, 0.1) is 5.82 Å². The molecule has 3 rings (SSSR count). The van der Waals surface area contributed by atoms with Crippen molar-refractivity contribution in [1.82, 2.24) is 24.5 Å². The maximum Gasteiger partial charge on any atom is 0.329 e. The van der Waals surface area contributed by atoms with Crippen molar-refractivity contribution in [2.75, 3.05) is 7.11 Å². The molecule has 0 saturated heterocycles. The summed E-state index contributed by atoms with van der Waals surface area (Å²) in [5.41, 5.74) is 0.265. The summed E-state index contributed by atoms with van der Waals surface area (Å²) in [5.74, 6) is -0.922. The van der Waals surface area contributed by atoms with Crippen molar-refractivity contribution in [3.05, 3.63) is 46.8 Å². The van der Waals surface area contributed by atoms with Crippen molar-refractivity contribution >= 4 is 17.1 Å². The number of carbonyl (C=O) groups excluding carboxylic acids is 1. The third kappa shape index (κ3) is 2.53. The Morgan fingerprint density at radius 2 is 2.04 bits per heavy atom. The number of aromatic nitrogens is 5. The van der Waals surface area contributed by atoms with Gasteiger partial charge in [-0.15, -0.1) is 5.10 Å². The van der Waals surface area contributed by atoms with Gasteiger partial charge >= 0.3 is 5.97 Å². The summed E-state index contributed by atoms with van der Waals surface area (Å²) >= 11 is 0. The molecule has 0 amide bonds. The number of carbonyl (C=O) groups is 1. The molecule has 0 N–H and O–H groups in total. The van der Waals surface area contributed by atoms with Gasteiger partial charge in [0.15, 0.2) is 11.2 Å². The average molecular weight is 331 g/mol. The fourth-order valence-electron chi connectivity index (χ4n) is 2.41. The van der Waals surface area contributed by atoms with Crippen molar-refractivity contribution in [2.24, 2.45) is 0 Å². The first-order valence-corrected chi connectivity index (χ1v) is 7.23. The van der Waals surface area contributed by atoms with Gasteiger partial charge in [0.1, 0.15) is 18.2 Å². The van der Waals surface area contributed by atoms with E-state index < -0.39 is 17.6 Å². The summed E-state index contributed by atoms with van der Waals surface area (Å²) in [6, 6.07) is 4.76. The number of esters is 1. The summed E-state index contributed by atoms with van der Waals surface area (Å²) in [6.07, 6.45) is 1.63. The van der Waals surface area contributed by atoms with Crippen LogP contribution in [0.3, 0.4) is 0 Å². The van der Waals surface area contributed by atoms with Crippen molar-refractivity contribution in [3.8, 4) is 5.69 Å². The molecule has 0 aliphatic heterocycles. The van der Waals surface area contributed by atoms with Crippen LogP contribution < -0.4 is 5.56 Å². The number of halogens is 1. The fraction of sp³-hybridized carbons (Fsp3) is 0.267. The highest BCUT2D eigenvalue weighted by atomic mass is 19.1. The molecule has 24 heavy (non-hydrogen) atoms. The molecule has 0 saturated carbocycles. The Balaban J connectivity index is 2.13. The minimum Gasteiger partial charge on any atom is -0.467 e. The molecule has 8 nitrogen and oxygen atoms in total. The molecule has 0 aliphatic carbocycles. The van der Waals surface area contributed by atoms with E-state index in [0.29, 0.717) is 12.1 Å². The first-order chi connectivity index (χ1) is 11.6. The number of rotatable bonds is 4. The highest BCUT2D eigenvalue weighted by molar-refractivity contribution is 5.75. The van der Waals surface area contributed by atoms with Gasteiger partial charge < -0.3 is 4.74 Å². The summed E-state index contributed by atoms with van der Waals surface area (Å²) in [6.45, 7) is 1.76. The van der Waals surface area contributed by atoms with Crippen LogP contribution in [-0.2, 0) is 9.53 Å². The Kier molecular flexibility index (Phi) is 4.07. The third-order valence-electron chi connectivity index (χ3n) is 3.66. The molecule has 0 bridgehead atoms. The summed E-state index contributed by atoms with van der Waals surface area (Å²) < 4.78 is 20.3. The smallest absolute Gasteiger partial charge is 0.329 e. The maximum atomic E-state index is 13.0. The summed E-state index contributed by atoms with van der Waals surface area (Å²) in [7, 11) is 1.26. The van der Waals surface area contributed by atoms with Crippen LogP contribution in [0.25, 0.3) is 16.9 Å². The Hall–Kier alpha value is -3.10. The Bertz CT molecular complexity index is 948. The van der Waals surface area contributed by atoms with Gasteiger partial charge in [0.25, 0.3) is 5.56 Å². The molecule has 2 aromatic heterocycles. The standard InChI is InChI=1S/C15H14FN5O3/c1-3-11(15(23)24-2)20-8-17-13-12(14(20)22)18-19-21(13)10-6-4-9(16)5-7-10/h4-8,11H,3H2,1-2H3/t11-/m1/s1. The molecular weight excluding hydrogens is 317 g/mol. The average Bonchev–Trinajstić information content (AvgIpc) is 3.02. The van der Waals surface area contributed by atoms with E-state index in [1.54, 1.807) is 6.92 Å². The Morgan fingerprint density at radius 3 is 2.67 bits per heavy atom. The first kappa shape index (κ1) is 15.8. The van der Waals surface area contributed by atoms with Crippen molar-refractivity contribution in [3.63, 3.8) is 0 Å². The van der Waals surface area contributed by atoms with E-state index in [1.807, 2.05) is 0 Å². The normalized spacial score (nSPS) is 12.3. The SMILES string of the molecule is CC[C@H](C(=O)OC)n1cnc2c(nnn2-c2ccc(F)cc2)c1=O. The lowest BCUT2D eigenvalue weighted by atomic mass is 10.2. The van der Waals surface area contributed by atoms with E-state index in [0.717, 1.165) is 0 Å². The van der Waals surface area contributed by atoms with Crippen LogP contribution in [0.4, 0.5) is 4.39 Å². The molecule has 0 fully saturated rings. The minimum absolute atomic E-state index is 0.0178. The van der Waals surface area contributed by atoms with Gasteiger partial charge in [-0.2, -0.15) is 4.68 Å². The number of hydrogen-bond donors (Lipinski definition) is 0. The molecular formula is C15H14FN5O3. The molecule has 0 radical (unpaired) electrons. The number of ether oxygens (including phenoxy) is 1. The molecule has 124 valence electrons. The van der Waals surface area contributed by atoms with E-state index >= 15 is 0 Å². The minimum atomic E-state index is -0.782. The molecule has 0 aliphatic rings. The van der Waals surface area contributed by atoms with Crippen LogP contribution in [0.1, 0.15) is 19.4 Å². The number of methoxy groups -OCH3 is 1. The second-order valence-electron chi connectivity index (χ2n) is 5.05. The van der Waals surface area contributed by atoms with Crippen molar-refractivity contribution in [1.29, 1.82) is 0 Å². The molecule has 9 heteroatoms. The zero-order chi connectivity index (χ0) is 17.3. The van der Waals surface area contributed by atoms with Gasteiger partial charge in [0.05, 0.1) is 12.8 Å². The van der Waals surface area contributed by atoms with E-state index in [4.69, 9.17) is 4.74 Å². The highest BCUT2D eigenvalue weighted by Gasteiger charge is 2.23. The molecule has 0 spiro atoms. The maximum absolute atomic E-state index is 13.0. The van der Waals surface area contributed by atoms with Crippen LogP contribution in [0.5, 0.6) is 0 Å². The zero-order valence-electron chi connectivity index (χ0n) is 13.0. The van der Waals surface area contributed by atoms with E-state index in [2.05, 4.69) is 15.3 Å². The quantitative estimate of drug-likeness (QED) is 0.668. The topological polar surface area (TPSA) is 91.9 Å². The van der Waals surface area contributed by atoms with Crippen LogP contribution in [0.15, 0.2) is 35.4 Å². The summed E-state index contributed by atoms with van der Waals surface area (Å²) in [4.78, 5) is 28.6. The van der Waals surface area contributed by atoms with E-state index in [9.17, 15) is 14.0 Å². The Morgan fingerprint density at radius 1 is 1.33 bits per heavy atom. The van der Waals surface area contributed by atoms with E-state index in [1.165, 1.54) is 47.0 Å². The second-order valence-corrected chi connectivity index (χ2v) is 5.05. The molecule has 1 aromatic carbocycles. The third-order valence-corrected chi connectivity index (χ3v) is 3.66. The largest absolute Gasteiger partial charge is 0.467 e. The molecule has 3 aromatic rings. The van der Waals surface area contributed by atoms with Gasteiger partial charge in [-0.1, -0.05) is 12.1 Å². The lowest BCUT2D eigenvalue weighted by Crippen LogP contribution is -2.30. The van der Waals surface area contributed by atoms with Crippen LogP contribution in [-0.4, -0.2) is 37.6 Å². The van der Waals surface area contributed by atoms with Gasteiger partial charge in [-0.25, -0.2) is 14.2 Å². The lowest BCUT2D eigenvalue weighted by Gasteiger charge is -2.14. The fourth-order valence-corrected chi connectivity index (χ4v) is 2.41. The van der Waals surface area contributed by atoms with E-state index in [-0.39, 0.29) is 17.0 Å². The number of fused-ring (bicyclic) bond motifs is 1. The van der Waals surface area contributed by atoms with Gasteiger partial charge in [0, 0.05) is 0 Å². The monoisotopic (exact) mass is 331 g/mol. The predicted molar refractivity (Wildman–Crippen MR) is 82.2 cm³/mol. The number of nitrogens with zero attached hydrogens (tertiary/aromatic N) is 5. The first-order valence-electron chi connectivity index (χ1n) is 7.23. The van der Waals surface area contributed by atoms with Gasteiger partial charge in [0.2, 0.25) is 0 Å². The van der Waals surface area contributed by atoms with Gasteiger partial charge in [-0.3, -0.25) is 9.36 Å². The molecule has 0 unspecified atom stereocenters. The van der Waals surface area contributed by atoms with Crippen molar-refractivity contribution in [2.45, 2.75) is 19.4 Å². The zero-order valence-corrected chi connectivity index (χ0v) is 13.0. The summed E-state index contributed by atoms with van der Waals surface area (Å²) in [5, 5.41) is 7.75. The predicted octanol–water partition coefficient (Wildman–Crippen LogP) is 1.24. The molecule has 2 heterocycles. The second kappa shape index (κ2) is 6.19. The molecule has 1 atom stereocenters. The lowest BCUT2D eigenvalue weighted by molar-refractivity contribution is -0.144. The van der Waals surface area contributed by atoms with Crippen molar-refractivity contribution < 1.29 is 13.9 Å². The highest BCUT2D eigenvalue weighted by Crippen LogP contribution is 2.15. The van der Waals surface area contributed by atoms with Crippen LogP contribution >= 0.6 is 0 Å².